The van der Waals surface area contributed by atoms with Gasteiger partial charge < -0.3 is 4.74 Å². The molecule has 0 N–H and O–H groups in total. The van der Waals surface area contributed by atoms with E-state index in [1.165, 1.54) is 30.3 Å². The molecule has 3 aromatic carbocycles. The first-order valence-electron chi connectivity index (χ1n) is 12.5. The summed E-state index contributed by atoms with van der Waals surface area (Å²) in [5.41, 5.74) is 1.91. The molecule has 0 aromatic heterocycles. The SMILES string of the molecule is CCCc1ccc(-c2ccc(OC(=O)c3ccc(C4CCC(CC)CC4)c(F)c3F)cc2)c(F)c1. The Kier molecular flexibility index (Phi) is 7.94. The second kappa shape index (κ2) is 11.1. The van der Waals surface area contributed by atoms with Gasteiger partial charge in [-0.1, -0.05) is 57.0 Å². The van der Waals surface area contributed by atoms with Crippen LogP contribution in [-0.4, -0.2) is 5.97 Å². The number of hydrogen-bond donors (Lipinski definition) is 0. The van der Waals surface area contributed by atoms with Gasteiger partial charge in [-0.15, -0.1) is 0 Å². The smallest absolute Gasteiger partial charge is 0.346 e. The van der Waals surface area contributed by atoms with Gasteiger partial charge in [0, 0.05) is 5.56 Å². The predicted octanol–water partition coefficient (Wildman–Crippen LogP) is 8.63. The van der Waals surface area contributed by atoms with Crippen molar-refractivity contribution in [1.82, 2.24) is 0 Å². The molecule has 1 aliphatic rings. The highest BCUT2D eigenvalue weighted by molar-refractivity contribution is 5.91. The number of carbonyl (C=O) groups is 1. The number of hydrogen-bond acceptors (Lipinski definition) is 2. The number of ether oxygens (including phenoxy) is 1. The van der Waals surface area contributed by atoms with Crippen LogP contribution in [-0.2, 0) is 6.42 Å². The van der Waals surface area contributed by atoms with Crippen LogP contribution in [0.15, 0.2) is 54.6 Å². The van der Waals surface area contributed by atoms with Crippen LogP contribution in [0.25, 0.3) is 11.1 Å². The molecule has 0 saturated heterocycles. The number of benzene rings is 3. The molecule has 2 nitrogen and oxygen atoms in total. The lowest BCUT2D eigenvalue weighted by Gasteiger charge is -2.28. The quantitative estimate of drug-likeness (QED) is 0.250. The molecule has 0 spiro atoms. The minimum absolute atomic E-state index is 0.0265. The van der Waals surface area contributed by atoms with Gasteiger partial charge in [0.25, 0.3) is 0 Å². The largest absolute Gasteiger partial charge is 0.423 e. The summed E-state index contributed by atoms with van der Waals surface area (Å²) in [5, 5.41) is 0. The molecular weight excluding hydrogens is 449 g/mol. The molecule has 0 unspecified atom stereocenters. The number of halogens is 3. The minimum Gasteiger partial charge on any atom is -0.423 e. The summed E-state index contributed by atoms with van der Waals surface area (Å²) in [6.45, 7) is 4.20. The van der Waals surface area contributed by atoms with Gasteiger partial charge in [-0.2, -0.15) is 0 Å². The van der Waals surface area contributed by atoms with E-state index in [-0.39, 0.29) is 17.5 Å². The lowest BCUT2D eigenvalue weighted by atomic mass is 9.77. The van der Waals surface area contributed by atoms with Gasteiger partial charge in [0.1, 0.15) is 11.6 Å². The molecule has 35 heavy (non-hydrogen) atoms. The van der Waals surface area contributed by atoms with Crippen LogP contribution in [0.4, 0.5) is 13.2 Å². The zero-order valence-electron chi connectivity index (χ0n) is 20.3. The van der Waals surface area contributed by atoms with Crippen molar-refractivity contribution in [2.75, 3.05) is 0 Å². The van der Waals surface area contributed by atoms with Crippen molar-refractivity contribution in [1.29, 1.82) is 0 Å². The molecule has 1 aliphatic carbocycles. The molecule has 1 saturated carbocycles. The fraction of sp³-hybridized carbons (Fsp3) is 0.367. The Balaban J connectivity index is 1.46. The average Bonchev–Trinajstić information content (AvgIpc) is 2.87. The first kappa shape index (κ1) is 25.0. The fourth-order valence-corrected chi connectivity index (χ4v) is 5.02. The van der Waals surface area contributed by atoms with Gasteiger partial charge in [0.05, 0.1) is 5.56 Å². The van der Waals surface area contributed by atoms with Gasteiger partial charge in [0.2, 0.25) is 0 Å². The van der Waals surface area contributed by atoms with E-state index in [0.29, 0.717) is 22.6 Å². The molecular formula is C30H31F3O2. The number of esters is 1. The molecule has 184 valence electrons. The Labute approximate surface area is 205 Å². The van der Waals surface area contributed by atoms with Crippen LogP contribution < -0.4 is 4.74 Å². The first-order valence-corrected chi connectivity index (χ1v) is 12.5. The van der Waals surface area contributed by atoms with E-state index in [1.807, 2.05) is 13.0 Å². The van der Waals surface area contributed by atoms with E-state index in [0.717, 1.165) is 50.5 Å². The number of aryl methyl sites for hydroxylation is 1. The van der Waals surface area contributed by atoms with E-state index in [9.17, 15) is 18.0 Å². The molecule has 0 bridgehead atoms. The van der Waals surface area contributed by atoms with Crippen molar-refractivity contribution in [2.24, 2.45) is 5.92 Å². The van der Waals surface area contributed by atoms with Crippen molar-refractivity contribution in [3.05, 3.63) is 88.7 Å². The van der Waals surface area contributed by atoms with Crippen molar-refractivity contribution in [3.63, 3.8) is 0 Å². The monoisotopic (exact) mass is 480 g/mol. The third-order valence-corrected chi connectivity index (χ3v) is 7.14. The summed E-state index contributed by atoms with van der Waals surface area (Å²) >= 11 is 0. The van der Waals surface area contributed by atoms with E-state index >= 15 is 0 Å². The van der Waals surface area contributed by atoms with Crippen LogP contribution in [0.3, 0.4) is 0 Å². The first-order chi connectivity index (χ1) is 16.9. The Hall–Kier alpha value is -3.08. The highest BCUT2D eigenvalue weighted by Crippen LogP contribution is 2.38. The maximum Gasteiger partial charge on any atom is 0.346 e. The zero-order valence-corrected chi connectivity index (χ0v) is 20.3. The fourth-order valence-electron chi connectivity index (χ4n) is 5.02. The Bertz CT molecular complexity index is 1180. The van der Waals surface area contributed by atoms with E-state index < -0.39 is 23.2 Å². The van der Waals surface area contributed by atoms with E-state index in [1.54, 1.807) is 18.2 Å². The molecule has 0 aliphatic heterocycles. The summed E-state index contributed by atoms with van der Waals surface area (Å²) in [4.78, 5) is 12.6. The van der Waals surface area contributed by atoms with Gasteiger partial charge >= 0.3 is 5.97 Å². The standard InChI is InChI=1S/C30H31F3O2/c1-3-5-20-8-15-24(27(31)18-20)21-11-13-23(14-12-21)35-30(34)26-17-16-25(28(32)29(26)33)22-9-6-19(4-2)7-10-22/h8,11-19,22H,3-7,9-10H2,1-2H3. The van der Waals surface area contributed by atoms with Crippen molar-refractivity contribution in [2.45, 2.75) is 64.7 Å². The van der Waals surface area contributed by atoms with Crippen LogP contribution in [0.5, 0.6) is 5.75 Å². The summed E-state index contributed by atoms with van der Waals surface area (Å²) in [6, 6.07) is 14.3. The second-order valence-corrected chi connectivity index (χ2v) is 9.43. The molecule has 0 heterocycles. The van der Waals surface area contributed by atoms with E-state index in [2.05, 4.69) is 6.92 Å². The molecule has 0 radical (unpaired) electrons. The van der Waals surface area contributed by atoms with Crippen LogP contribution in [0.2, 0.25) is 0 Å². The molecule has 3 aromatic rings. The third-order valence-electron chi connectivity index (χ3n) is 7.14. The average molecular weight is 481 g/mol. The predicted molar refractivity (Wildman–Crippen MR) is 132 cm³/mol. The van der Waals surface area contributed by atoms with Crippen LogP contribution in [0, 0.1) is 23.4 Å². The van der Waals surface area contributed by atoms with Gasteiger partial charge in [-0.3, -0.25) is 0 Å². The molecule has 5 heteroatoms. The Morgan fingerprint density at radius 2 is 1.60 bits per heavy atom. The highest BCUT2D eigenvalue weighted by atomic mass is 19.2. The lowest BCUT2D eigenvalue weighted by Crippen LogP contribution is -2.16. The van der Waals surface area contributed by atoms with Gasteiger partial charge in [0.15, 0.2) is 11.6 Å². The maximum absolute atomic E-state index is 14.9. The maximum atomic E-state index is 14.9. The molecule has 1 fully saturated rings. The number of carbonyl (C=O) groups excluding carboxylic acids is 1. The van der Waals surface area contributed by atoms with Crippen LogP contribution >= 0.6 is 0 Å². The summed E-state index contributed by atoms with van der Waals surface area (Å²) in [7, 11) is 0. The van der Waals surface area contributed by atoms with Crippen molar-refractivity contribution in [3.8, 4) is 16.9 Å². The normalized spacial score (nSPS) is 17.9. The van der Waals surface area contributed by atoms with Gasteiger partial charge in [-0.25, -0.2) is 18.0 Å². The zero-order chi connectivity index (χ0) is 24.9. The second-order valence-electron chi connectivity index (χ2n) is 9.43. The topological polar surface area (TPSA) is 26.3 Å². The number of rotatable bonds is 7. The molecule has 0 amide bonds. The van der Waals surface area contributed by atoms with Crippen LogP contribution in [0.1, 0.15) is 79.8 Å². The minimum atomic E-state index is -1.17. The van der Waals surface area contributed by atoms with Crippen molar-refractivity contribution < 1.29 is 22.7 Å². The third kappa shape index (κ3) is 5.61. The molecule has 4 rings (SSSR count). The Morgan fingerprint density at radius 1 is 0.886 bits per heavy atom. The van der Waals surface area contributed by atoms with E-state index in [4.69, 9.17) is 4.74 Å². The highest BCUT2D eigenvalue weighted by Gasteiger charge is 2.27. The Morgan fingerprint density at radius 3 is 2.23 bits per heavy atom. The van der Waals surface area contributed by atoms with Gasteiger partial charge in [-0.05, 0) is 84.9 Å². The lowest BCUT2D eigenvalue weighted by molar-refractivity contribution is 0.0728. The summed E-state index contributed by atoms with van der Waals surface area (Å²) < 4.78 is 49.5. The molecule has 0 atom stereocenters. The van der Waals surface area contributed by atoms with Crippen molar-refractivity contribution >= 4 is 5.97 Å². The summed E-state index contributed by atoms with van der Waals surface area (Å²) in [6.07, 6.45) is 6.52. The summed E-state index contributed by atoms with van der Waals surface area (Å²) in [5.74, 6) is -2.62.